The van der Waals surface area contributed by atoms with E-state index in [9.17, 15) is 0 Å². The Bertz CT molecular complexity index is 583. The van der Waals surface area contributed by atoms with Crippen LogP contribution in [0, 0.1) is 5.82 Å². The van der Waals surface area contributed by atoms with Gasteiger partial charge < -0.3 is 0 Å². The fourth-order valence-corrected chi connectivity index (χ4v) is 3.06. The summed E-state index contributed by atoms with van der Waals surface area (Å²) in [6.45, 7) is 20.5. The molecule has 0 aromatic carbocycles. The maximum atomic E-state index is 15.4. The van der Waals surface area contributed by atoms with E-state index in [1.54, 1.807) is 0 Å². The van der Waals surface area contributed by atoms with Crippen molar-refractivity contribution in [3.05, 3.63) is 28.3 Å². The van der Waals surface area contributed by atoms with Crippen LogP contribution in [0.25, 0.3) is 0 Å². The number of nitrogens with zero attached hydrogens (tertiary/aromatic N) is 2. The van der Waals surface area contributed by atoms with Gasteiger partial charge in [0.15, 0.2) is 0 Å². The van der Waals surface area contributed by atoms with Crippen molar-refractivity contribution in [2.75, 3.05) is 0 Å². The summed E-state index contributed by atoms with van der Waals surface area (Å²) in [5.74, 6) is -0.0332. The van der Waals surface area contributed by atoms with Gasteiger partial charge in [-0.15, -0.1) is 0 Å². The number of fused-ring (bicyclic) bond motifs is 1. The third-order valence-electron chi connectivity index (χ3n) is 4.42. The smallest absolute Gasteiger partial charge is 0.135 e. The van der Waals surface area contributed by atoms with Gasteiger partial charge in [0.25, 0.3) is 0 Å². The summed E-state index contributed by atoms with van der Waals surface area (Å²) in [4.78, 5) is 7.23. The molecule has 1 aliphatic heterocycles. The summed E-state index contributed by atoms with van der Waals surface area (Å²) in [5.41, 5.74) is 3.04. The SMILES string of the molecule is CC(C)(C)c1nc2c(c(F)c1C(C)(C)C)CN(C(C)(C)C)C2. The Balaban J connectivity index is 2.66. The molecule has 2 heterocycles. The molecule has 0 aliphatic carbocycles. The van der Waals surface area contributed by atoms with E-state index in [1.165, 1.54) is 0 Å². The van der Waals surface area contributed by atoms with Crippen LogP contribution in [0.1, 0.15) is 84.8 Å². The number of hydrogen-bond acceptors (Lipinski definition) is 2. The van der Waals surface area contributed by atoms with Crippen LogP contribution in [0.5, 0.6) is 0 Å². The lowest BCUT2D eigenvalue weighted by Crippen LogP contribution is -2.37. The maximum Gasteiger partial charge on any atom is 0.135 e. The van der Waals surface area contributed by atoms with Gasteiger partial charge in [-0.3, -0.25) is 9.88 Å². The number of hydrogen-bond donors (Lipinski definition) is 0. The first kappa shape index (κ1) is 17.4. The zero-order valence-corrected chi connectivity index (χ0v) is 15.7. The highest BCUT2D eigenvalue weighted by Gasteiger charge is 2.37. The molecule has 2 nitrogen and oxygen atoms in total. The van der Waals surface area contributed by atoms with Crippen molar-refractivity contribution in [2.45, 2.75) is 91.8 Å². The Labute approximate surface area is 135 Å². The molecular formula is C19H31FN2. The molecule has 0 unspecified atom stereocenters. The molecule has 3 heteroatoms. The minimum Gasteiger partial charge on any atom is -0.288 e. The first-order chi connectivity index (χ1) is 9.73. The minimum absolute atomic E-state index is 0.0247. The van der Waals surface area contributed by atoms with Crippen molar-refractivity contribution in [2.24, 2.45) is 0 Å². The molecule has 0 saturated carbocycles. The van der Waals surface area contributed by atoms with Crippen molar-refractivity contribution in [1.82, 2.24) is 9.88 Å². The monoisotopic (exact) mass is 306 g/mol. The highest BCUT2D eigenvalue weighted by molar-refractivity contribution is 5.41. The predicted molar refractivity (Wildman–Crippen MR) is 90.6 cm³/mol. The normalized spacial score (nSPS) is 17.0. The molecule has 1 aliphatic rings. The van der Waals surface area contributed by atoms with Crippen LogP contribution in [-0.2, 0) is 23.9 Å². The Kier molecular flexibility index (Phi) is 3.97. The molecule has 124 valence electrons. The molecule has 0 spiro atoms. The second-order valence-corrected chi connectivity index (χ2v) is 9.60. The Morgan fingerprint density at radius 1 is 0.864 bits per heavy atom. The minimum atomic E-state index is -0.246. The molecule has 0 radical (unpaired) electrons. The Morgan fingerprint density at radius 2 is 1.41 bits per heavy atom. The molecule has 0 saturated heterocycles. The van der Waals surface area contributed by atoms with Gasteiger partial charge in [0.2, 0.25) is 0 Å². The van der Waals surface area contributed by atoms with E-state index in [4.69, 9.17) is 4.98 Å². The topological polar surface area (TPSA) is 16.1 Å². The summed E-state index contributed by atoms with van der Waals surface area (Å²) in [7, 11) is 0. The molecule has 1 aromatic rings. The lowest BCUT2D eigenvalue weighted by atomic mass is 9.77. The Morgan fingerprint density at radius 3 is 1.82 bits per heavy atom. The van der Waals surface area contributed by atoms with Crippen LogP contribution in [0.15, 0.2) is 0 Å². The second kappa shape index (κ2) is 5.02. The first-order valence-corrected chi connectivity index (χ1v) is 8.20. The van der Waals surface area contributed by atoms with Gasteiger partial charge in [0.1, 0.15) is 5.82 Å². The van der Waals surface area contributed by atoms with E-state index in [-0.39, 0.29) is 22.2 Å². The average molecular weight is 306 g/mol. The first-order valence-electron chi connectivity index (χ1n) is 8.20. The van der Waals surface area contributed by atoms with Crippen LogP contribution in [0.2, 0.25) is 0 Å². The quantitative estimate of drug-likeness (QED) is 0.675. The molecule has 2 rings (SSSR count). The highest BCUT2D eigenvalue weighted by atomic mass is 19.1. The summed E-state index contributed by atoms with van der Waals surface area (Å²) < 4.78 is 15.4. The van der Waals surface area contributed by atoms with Crippen LogP contribution >= 0.6 is 0 Å². The van der Waals surface area contributed by atoms with Gasteiger partial charge >= 0.3 is 0 Å². The molecule has 0 bridgehead atoms. The van der Waals surface area contributed by atoms with E-state index in [2.05, 4.69) is 67.2 Å². The third-order valence-corrected chi connectivity index (χ3v) is 4.42. The number of aromatic nitrogens is 1. The zero-order chi connectivity index (χ0) is 17.1. The third kappa shape index (κ3) is 3.05. The number of halogens is 1. The molecule has 1 aromatic heterocycles. The fraction of sp³-hybridized carbons (Fsp3) is 0.737. The van der Waals surface area contributed by atoms with E-state index < -0.39 is 0 Å². The van der Waals surface area contributed by atoms with Crippen LogP contribution in [0.3, 0.4) is 0 Å². The largest absolute Gasteiger partial charge is 0.288 e. The van der Waals surface area contributed by atoms with Crippen LogP contribution in [0.4, 0.5) is 4.39 Å². The summed E-state index contributed by atoms with van der Waals surface area (Å²) in [6.07, 6.45) is 0. The van der Waals surface area contributed by atoms with Gasteiger partial charge in [0, 0.05) is 35.2 Å². The van der Waals surface area contributed by atoms with Crippen molar-refractivity contribution >= 4 is 0 Å². The van der Waals surface area contributed by atoms with Crippen LogP contribution < -0.4 is 0 Å². The summed E-state index contributed by atoms with van der Waals surface area (Å²) in [6, 6.07) is 0. The van der Waals surface area contributed by atoms with Crippen molar-refractivity contribution in [1.29, 1.82) is 0 Å². The number of pyridine rings is 1. The highest BCUT2D eigenvalue weighted by Crippen LogP contribution is 2.39. The van der Waals surface area contributed by atoms with Crippen molar-refractivity contribution in [3.8, 4) is 0 Å². The lowest BCUT2D eigenvalue weighted by Gasteiger charge is -2.31. The molecule has 22 heavy (non-hydrogen) atoms. The van der Waals surface area contributed by atoms with E-state index >= 15 is 4.39 Å². The standard InChI is InChI=1S/C19H31FN2/c1-17(2,3)14-15(20)12-10-22(19(7,8)9)11-13(12)21-16(14)18(4,5)6/h10-11H2,1-9H3. The van der Waals surface area contributed by atoms with Crippen molar-refractivity contribution in [3.63, 3.8) is 0 Å². The van der Waals surface area contributed by atoms with Gasteiger partial charge in [-0.2, -0.15) is 0 Å². The Hall–Kier alpha value is -0.960. The number of rotatable bonds is 0. The molecular weight excluding hydrogens is 275 g/mol. The molecule has 0 fully saturated rings. The average Bonchev–Trinajstić information content (AvgIpc) is 2.69. The van der Waals surface area contributed by atoms with Gasteiger partial charge in [-0.05, 0) is 26.2 Å². The maximum absolute atomic E-state index is 15.4. The lowest BCUT2D eigenvalue weighted by molar-refractivity contribution is 0.134. The predicted octanol–water partition coefficient (Wildman–Crippen LogP) is 4.93. The van der Waals surface area contributed by atoms with E-state index in [0.717, 1.165) is 29.1 Å². The zero-order valence-electron chi connectivity index (χ0n) is 15.7. The van der Waals surface area contributed by atoms with Gasteiger partial charge in [-0.25, -0.2) is 4.39 Å². The van der Waals surface area contributed by atoms with Crippen molar-refractivity contribution < 1.29 is 4.39 Å². The summed E-state index contributed by atoms with van der Waals surface area (Å²) in [5, 5.41) is 0. The summed E-state index contributed by atoms with van der Waals surface area (Å²) >= 11 is 0. The molecule has 0 amide bonds. The second-order valence-electron chi connectivity index (χ2n) is 9.60. The van der Waals surface area contributed by atoms with Gasteiger partial charge in [-0.1, -0.05) is 41.5 Å². The fourth-order valence-electron chi connectivity index (χ4n) is 3.06. The molecule has 0 atom stereocenters. The van der Waals surface area contributed by atoms with Crippen LogP contribution in [-0.4, -0.2) is 15.4 Å². The van der Waals surface area contributed by atoms with E-state index in [0.29, 0.717) is 6.54 Å². The van der Waals surface area contributed by atoms with Gasteiger partial charge in [0.05, 0.1) is 11.4 Å². The molecule has 0 N–H and O–H groups in total. The van der Waals surface area contributed by atoms with E-state index in [1.807, 2.05) is 0 Å².